The van der Waals surface area contributed by atoms with E-state index in [1.165, 1.54) is 28.7 Å². The fraction of sp³-hybridized carbons (Fsp3) is 0.455. The SMILES string of the molecule is OC1CCOCC1C1CCCN1C1c2ccccc2-c2ccccc21. The Kier molecular flexibility index (Phi) is 3.89. The first-order valence-electron chi connectivity index (χ1n) is 9.54. The van der Waals surface area contributed by atoms with E-state index >= 15 is 0 Å². The molecule has 0 amide bonds. The van der Waals surface area contributed by atoms with Crippen LogP contribution >= 0.6 is 0 Å². The van der Waals surface area contributed by atoms with Crippen LogP contribution in [-0.4, -0.2) is 41.9 Å². The second-order valence-electron chi connectivity index (χ2n) is 7.62. The average Bonchev–Trinajstić information content (AvgIpc) is 3.24. The largest absolute Gasteiger partial charge is 0.393 e. The standard InChI is InChI=1S/C22H25NO2/c24-21-11-13-25-14-19(21)20-10-5-12-23(20)22-17-8-3-1-6-15(17)16-7-2-4-9-18(16)22/h1-4,6-9,19-22,24H,5,10-14H2. The quantitative estimate of drug-likeness (QED) is 0.910. The summed E-state index contributed by atoms with van der Waals surface area (Å²) in [5.41, 5.74) is 5.58. The molecule has 1 aliphatic carbocycles. The molecule has 0 saturated carbocycles. The van der Waals surface area contributed by atoms with Gasteiger partial charge in [0.15, 0.2) is 0 Å². The molecule has 0 aromatic heterocycles. The summed E-state index contributed by atoms with van der Waals surface area (Å²) in [6.45, 7) is 2.49. The molecule has 0 bridgehead atoms. The summed E-state index contributed by atoms with van der Waals surface area (Å²) in [7, 11) is 0. The molecule has 5 rings (SSSR count). The van der Waals surface area contributed by atoms with Crippen molar-refractivity contribution in [2.24, 2.45) is 5.92 Å². The lowest BCUT2D eigenvalue weighted by Gasteiger charge is -2.40. The Balaban J connectivity index is 1.56. The molecular weight excluding hydrogens is 310 g/mol. The number of ether oxygens (including phenoxy) is 1. The number of aliphatic hydroxyl groups is 1. The van der Waals surface area contributed by atoms with Gasteiger partial charge in [-0.05, 0) is 48.1 Å². The molecule has 2 heterocycles. The van der Waals surface area contributed by atoms with Crippen LogP contribution in [0.15, 0.2) is 48.5 Å². The van der Waals surface area contributed by atoms with Crippen molar-refractivity contribution in [3.63, 3.8) is 0 Å². The highest BCUT2D eigenvalue weighted by Gasteiger charge is 2.43. The van der Waals surface area contributed by atoms with Crippen LogP contribution in [0, 0.1) is 5.92 Å². The fourth-order valence-electron chi connectivity index (χ4n) is 5.20. The van der Waals surface area contributed by atoms with Crippen LogP contribution in [0.25, 0.3) is 11.1 Å². The second kappa shape index (κ2) is 6.24. The maximum absolute atomic E-state index is 10.6. The molecule has 2 saturated heterocycles. The van der Waals surface area contributed by atoms with E-state index in [1.807, 2.05) is 0 Å². The monoisotopic (exact) mass is 335 g/mol. The normalized spacial score (nSPS) is 29.6. The molecule has 2 aromatic rings. The van der Waals surface area contributed by atoms with Gasteiger partial charge in [-0.2, -0.15) is 0 Å². The van der Waals surface area contributed by atoms with Crippen LogP contribution in [0.3, 0.4) is 0 Å². The number of hydrogen-bond acceptors (Lipinski definition) is 3. The first-order valence-corrected chi connectivity index (χ1v) is 9.54. The van der Waals surface area contributed by atoms with Gasteiger partial charge in [-0.1, -0.05) is 48.5 Å². The Bertz CT molecular complexity index is 729. The zero-order valence-corrected chi connectivity index (χ0v) is 14.5. The Morgan fingerprint density at radius 2 is 1.60 bits per heavy atom. The number of aliphatic hydroxyl groups excluding tert-OH is 1. The van der Waals surface area contributed by atoms with E-state index in [4.69, 9.17) is 4.74 Å². The lowest BCUT2D eigenvalue weighted by molar-refractivity contribution is -0.0658. The van der Waals surface area contributed by atoms with Crippen molar-refractivity contribution in [3.8, 4) is 11.1 Å². The van der Waals surface area contributed by atoms with Crippen LogP contribution in [0.1, 0.15) is 36.4 Å². The third kappa shape index (κ3) is 2.45. The van der Waals surface area contributed by atoms with Crippen molar-refractivity contribution in [3.05, 3.63) is 59.7 Å². The van der Waals surface area contributed by atoms with Crippen LogP contribution < -0.4 is 0 Å². The molecule has 1 N–H and O–H groups in total. The zero-order chi connectivity index (χ0) is 16.8. The molecule has 0 spiro atoms. The van der Waals surface area contributed by atoms with Crippen molar-refractivity contribution in [2.45, 2.75) is 37.5 Å². The van der Waals surface area contributed by atoms with E-state index in [0.29, 0.717) is 25.3 Å². The lowest BCUT2D eigenvalue weighted by atomic mass is 9.88. The summed E-state index contributed by atoms with van der Waals surface area (Å²) in [4.78, 5) is 2.65. The number of benzene rings is 2. The average molecular weight is 335 g/mol. The minimum absolute atomic E-state index is 0.230. The zero-order valence-electron chi connectivity index (χ0n) is 14.5. The van der Waals surface area contributed by atoms with E-state index in [0.717, 1.165) is 19.4 Å². The highest BCUT2D eigenvalue weighted by atomic mass is 16.5. The first-order chi connectivity index (χ1) is 12.3. The smallest absolute Gasteiger partial charge is 0.0627 e. The van der Waals surface area contributed by atoms with Gasteiger partial charge < -0.3 is 9.84 Å². The van der Waals surface area contributed by atoms with E-state index in [-0.39, 0.29) is 12.0 Å². The Morgan fingerprint density at radius 1 is 0.920 bits per heavy atom. The molecular formula is C22H25NO2. The summed E-state index contributed by atoms with van der Waals surface area (Å²) in [6.07, 6.45) is 2.90. The molecule has 0 radical (unpaired) electrons. The molecule has 3 atom stereocenters. The van der Waals surface area contributed by atoms with E-state index in [2.05, 4.69) is 53.4 Å². The van der Waals surface area contributed by atoms with Crippen LogP contribution in [-0.2, 0) is 4.74 Å². The molecule has 3 heteroatoms. The van der Waals surface area contributed by atoms with Crippen molar-refractivity contribution in [2.75, 3.05) is 19.8 Å². The fourth-order valence-corrected chi connectivity index (χ4v) is 5.20. The van der Waals surface area contributed by atoms with Gasteiger partial charge in [-0.25, -0.2) is 0 Å². The highest BCUT2D eigenvalue weighted by Crippen LogP contribution is 2.49. The topological polar surface area (TPSA) is 32.7 Å². The minimum Gasteiger partial charge on any atom is -0.393 e. The third-order valence-corrected chi connectivity index (χ3v) is 6.33. The lowest BCUT2D eigenvalue weighted by Crippen LogP contribution is -2.47. The Hall–Kier alpha value is -1.68. The van der Waals surface area contributed by atoms with Crippen LogP contribution in [0.2, 0.25) is 0 Å². The molecule has 130 valence electrons. The molecule has 3 unspecified atom stereocenters. The summed E-state index contributed by atoms with van der Waals surface area (Å²) in [5.74, 6) is 0.233. The molecule has 3 aliphatic rings. The predicted octanol–water partition coefficient (Wildman–Crippen LogP) is 3.62. The number of fused-ring (bicyclic) bond motifs is 3. The van der Waals surface area contributed by atoms with Gasteiger partial charge in [-0.15, -0.1) is 0 Å². The maximum Gasteiger partial charge on any atom is 0.0627 e. The maximum atomic E-state index is 10.6. The van der Waals surface area contributed by atoms with Crippen molar-refractivity contribution < 1.29 is 9.84 Å². The van der Waals surface area contributed by atoms with Crippen molar-refractivity contribution in [1.82, 2.24) is 4.90 Å². The number of rotatable bonds is 2. The summed E-state index contributed by atoms with van der Waals surface area (Å²) >= 11 is 0. The van der Waals surface area contributed by atoms with Gasteiger partial charge >= 0.3 is 0 Å². The minimum atomic E-state index is -0.230. The third-order valence-electron chi connectivity index (χ3n) is 6.33. The van der Waals surface area contributed by atoms with E-state index in [1.54, 1.807) is 0 Å². The van der Waals surface area contributed by atoms with Crippen LogP contribution in [0.4, 0.5) is 0 Å². The van der Waals surface area contributed by atoms with Crippen LogP contribution in [0.5, 0.6) is 0 Å². The summed E-state index contributed by atoms with van der Waals surface area (Å²) in [6, 6.07) is 18.4. The molecule has 2 fully saturated rings. The first kappa shape index (κ1) is 15.6. The van der Waals surface area contributed by atoms with Gasteiger partial charge in [0.05, 0.1) is 18.8 Å². The van der Waals surface area contributed by atoms with Gasteiger partial charge in [0, 0.05) is 18.6 Å². The number of nitrogens with zero attached hydrogens (tertiary/aromatic N) is 1. The molecule has 2 aromatic carbocycles. The van der Waals surface area contributed by atoms with Crippen molar-refractivity contribution >= 4 is 0 Å². The van der Waals surface area contributed by atoms with E-state index < -0.39 is 0 Å². The van der Waals surface area contributed by atoms with Gasteiger partial charge in [-0.3, -0.25) is 4.90 Å². The van der Waals surface area contributed by atoms with Gasteiger partial charge in [0.2, 0.25) is 0 Å². The van der Waals surface area contributed by atoms with E-state index in [9.17, 15) is 5.11 Å². The Labute approximate surface area is 149 Å². The Morgan fingerprint density at radius 3 is 2.28 bits per heavy atom. The number of likely N-dealkylation sites (tertiary alicyclic amines) is 1. The summed E-state index contributed by atoms with van der Waals surface area (Å²) in [5, 5.41) is 10.6. The molecule has 3 nitrogen and oxygen atoms in total. The van der Waals surface area contributed by atoms with Gasteiger partial charge in [0.1, 0.15) is 0 Å². The summed E-state index contributed by atoms with van der Waals surface area (Å²) < 4.78 is 5.73. The predicted molar refractivity (Wildman–Crippen MR) is 98.4 cm³/mol. The van der Waals surface area contributed by atoms with Crippen molar-refractivity contribution in [1.29, 1.82) is 0 Å². The number of hydrogen-bond donors (Lipinski definition) is 1. The second-order valence-corrected chi connectivity index (χ2v) is 7.62. The molecule has 25 heavy (non-hydrogen) atoms. The van der Waals surface area contributed by atoms with Gasteiger partial charge in [0.25, 0.3) is 0 Å². The molecule has 2 aliphatic heterocycles. The highest BCUT2D eigenvalue weighted by molar-refractivity contribution is 5.78.